The second kappa shape index (κ2) is 12.4. The van der Waals surface area contributed by atoms with E-state index < -0.39 is 0 Å². The lowest BCUT2D eigenvalue weighted by Gasteiger charge is -2.42. The summed E-state index contributed by atoms with van der Waals surface area (Å²) in [6.45, 7) is 32.4. The number of quaternary nitrogens is 2. The lowest BCUT2D eigenvalue weighted by atomic mass is 9.65. The summed E-state index contributed by atoms with van der Waals surface area (Å²) in [5.41, 5.74) is 13.8. The van der Waals surface area contributed by atoms with E-state index in [1.54, 1.807) is 0 Å². The Balaban J connectivity index is 1.19. The molecule has 1 fully saturated rings. The van der Waals surface area contributed by atoms with Gasteiger partial charge in [-0.15, -0.1) is 0 Å². The zero-order valence-electron chi connectivity index (χ0n) is 36.7. The second-order valence-electron chi connectivity index (χ2n) is 20.6. The van der Waals surface area contributed by atoms with Crippen molar-refractivity contribution < 1.29 is 4.74 Å². The van der Waals surface area contributed by atoms with Crippen LogP contribution < -0.4 is 13.9 Å². The number of aromatic nitrogens is 2. The fourth-order valence-electron chi connectivity index (χ4n) is 8.96. The molecule has 2 atom stereocenters. The van der Waals surface area contributed by atoms with Gasteiger partial charge in [-0.05, 0) is 99.7 Å². The molecule has 58 heavy (non-hydrogen) atoms. The highest BCUT2D eigenvalue weighted by atomic mass is 16.5. The highest BCUT2D eigenvalue weighted by molar-refractivity contribution is 6.09. The molecule has 296 valence electrons. The summed E-state index contributed by atoms with van der Waals surface area (Å²) in [4.78, 5) is 4.91. The molecule has 0 N–H and O–H groups in total. The van der Waals surface area contributed by atoms with Crippen molar-refractivity contribution in [2.75, 3.05) is 0 Å². The highest BCUT2D eigenvalue weighted by Gasteiger charge is 2.78. The maximum atomic E-state index is 7.02. The summed E-state index contributed by atoms with van der Waals surface area (Å²) in [6, 6.07) is 40.6. The molecule has 5 heteroatoms. The monoisotopic (exact) mass is 767 g/mol. The number of para-hydroxylation sites is 1. The molecule has 2 aliphatic rings. The highest BCUT2D eigenvalue weighted by Crippen LogP contribution is 2.76. The van der Waals surface area contributed by atoms with Crippen LogP contribution in [0.4, 0.5) is 22.7 Å². The third-order valence-electron chi connectivity index (χ3n) is 13.8. The molecule has 0 aliphatic carbocycles. The molecule has 4 heterocycles. The Morgan fingerprint density at radius 3 is 1.84 bits per heavy atom. The van der Waals surface area contributed by atoms with Gasteiger partial charge in [0.25, 0.3) is 0 Å². The van der Waals surface area contributed by atoms with Gasteiger partial charge in [0.05, 0.1) is 11.0 Å². The van der Waals surface area contributed by atoms with Gasteiger partial charge in [-0.1, -0.05) is 106 Å². The molecule has 5 aromatic carbocycles. The number of pyridine rings is 1. The van der Waals surface area contributed by atoms with Crippen molar-refractivity contribution in [1.82, 2.24) is 18.7 Å². The van der Waals surface area contributed by atoms with Gasteiger partial charge in [-0.3, -0.25) is 4.57 Å². The number of hydrogen-bond acceptors (Lipinski definition) is 2. The number of hydrogen-bond donors (Lipinski definition) is 0. The van der Waals surface area contributed by atoms with Gasteiger partial charge in [-0.25, -0.2) is 4.98 Å². The van der Waals surface area contributed by atoms with Crippen LogP contribution in [0.5, 0.6) is 11.5 Å². The van der Waals surface area contributed by atoms with Crippen LogP contribution in [0.15, 0.2) is 115 Å². The second-order valence-corrected chi connectivity index (χ2v) is 20.6. The molecule has 5 nitrogen and oxygen atoms in total. The minimum atomic E-state index is -0.105. The van der Waals surface area contributed by atoms with Crippen molar-refractivity contribution in [1.29, 1.82) is 0 Å². The number of aryl methyl sites for hydroxylation is 2. The van der Waals surface area contributed by atoms with E-state index in [1.165, 1.54) is 61.3 Å². The normalized spacial score (nSPS) is 19.2. The third kappa shape index (κ3) is 5.53. The first-order valence-electron chi connectivity index (χ1n) is 20.9. The van der Waals surface area contributed by atoms with E-state index in [0.717, 1.165) is 28.4 Å². The molecule has 2 aromatic heterocycles. The van der Waals surface area contributed by atoms with Crippen molar-refractivity contribution in [3.63, 3.8) is 0 Å². The molecule has 0 radical (unpaired) electrons. The van der Waals surface area contributed by atoms with E-state index in [9.17, 15) is 0 Å². The first-order valence-corrected chi connectivity index (χ1v) is 20.9. The zero-order chi connectivity index (χ0) is 41.4. The summed E-state index contributed by atoms with van der Waals surface area (Å²) < 4.78 is 10.6. The minimum absolute atomic E-state index is 0.00189. The van der Waals surface area contributed by atoms with Gasteiger partial charge in [0.2, 0.25) is 11.4 Å². The Morgan fingerprint density at radius 1 is 0.534 bits per heavy atom. The lowest BCUT2D eigenvalue weighted by Crippen LogP contribution is -2.47. The first kappa shape index (κ1) is 38.3. The first-order chi connectivity index (χ1) is 27.2. The maximum Gasteiger partial charge on any atom is 0.225 e. The predicted molar refractivity (Wildman–Crippen MR) is 245 cm³/mol. The van der Waals surface area contributed by atoms with E-state index in [-0.39, 0.29) is 21.7 Å². The predicted octanol–water partition coefficient (Wildman–Crippen LogP) is 14.8. The average molecular weight is 768 g/mol. The van der Waals surface area contributed by atoms with Crippen LogP contribution in [-0.2, 0) is 16.2 Å². The Kier molecular flexibility index (Phi) is 8.18. The van der Waals surface area contributed by atoms with Gasteiger partial charge >= 0.3 is 0 Å². The summed E-state index contributed by atoms with van der Waals surface area (Å²) in [5, 5.41) is 2.37. The number of ether oxygens (including phenoxy) is 1. The van der Waals surface area contributed by atoms with Crippen molar-refractivity contribution >= 4 is 44.6 Å². The van der Waals surface area contributed by atoms with Gasteiger partial charge in [-0.2, -0.15) is 9.18 Å². The summed E-state index contributed by atoms with van der Waals surface area (Å²) >= 11 is 0. The topological polar surface area (TPSA) is 27.1 Å². The fourth-order valence-corrected chi connectivity index (χ4v) is 8.96. The third-order valence-corrected chi connectivity index (χ3v) is 13.8. The van der Waals surface area contributed by atoms with Crippen LogP contribution in [0, 0.1) is 25.9 Å². The van der Waals surface area contributed by atoms with Crippen LogP contribution in [0.25, 0.3) is 27.6 Å². The zero-order valence-corrected chi connectivity index (χ0v) is 36.7. The van der Waals surface area contributed by atoms with Gasteiger partial charge in [0.15, 0.2) is 18.0 Å². The number of nitrogens with zero attached hydrogens (tertiary/aromatic N) is 4. The average Bonchev–Trinajstić information content (AvgIpc) is 3.67. The molecule has 7 aromatic rings. The Labute approximate surface area is 345 Å². The summed E-state index contributed by atoms with van der Waals surface area (Å²) in [5.74, 6) is 2.54. The molecule has 2 aliphatic heterocycles. The molecule has 1 saturated heterocycles. The van der Waals surface area contributed by atoms with Gasteiger partial charge < -0.3 is 4.74 Å². The molecule has 0 saturated carbocycles. The number of fused-ring (bicyclic) bond motifs is 7. The minimum Gasteiger partial charge on any atom is -0.457 e. The molecular formula is C53H59N4O+. The van der Waals surface area contributed by atoms with Gasteiger partial charge in [0.1, 0.15) is 17.3 Å². The molecule has 1 unspecified atom stereocenters. The van der Waals surface area contributed by atoms with E-state index in [2.05, 4.69) is 210 Å². The standard InChI is InChI=1S/C53H59N4O/c1-34-25-47-48(26-35(34)2)57(33-56(47,57)39-18-16-17-37(27-39)53(12,13)52(9,10)11)40-28-38(51(6,7)8)29-42(31-40)58-41-21-22-44-43-19-14-15-20-45(43)55(46(44)32-41)49-30-36(23-24-54-49)50(3,4)5/h14-33H,1-13H3/q+1/t56-,57?/m0/s1. The number of benzene rings is 5. The molecule has 0 bridgehead atoms. The Bertz CT molecular complexity index is 2800. The summed E-state index contributed by atoms with van der Waals surface area (Å²) in [6.07, 6.45) is 1.94. The maximum absolute atomic E-state index is 7.02. The van der Waals surface area contributed by atoms with E-state index in [0.29, 0.717) is 9.18 Å². The van der Waals surface area contributed by atoms with Crippen molar-refractivity contribution in [2.24, 2.45) is 5.41 Å². The Hall–Kier alpha value is -5.23. The van der Waals surface area contributed by atoms with Crippen LogP contribution >= 0.6 is 0 Å². The lowest BCUT2D eigenvalue weighted by molar-refractivity contribution is 0.225. The fraction of sp³-hybridized carbons (Fsp3) is 0.321. The molecular weight excluding hydrogens is 709 g/mol. The van der Waals surface area contributed by atoms with Crippen LogP contribution in [0.2, 0.25) is 0 Å². The van der Waals surface area contributed by atoms with Crippen molar-refractivity contribution in [2.45, 2.75) is 106 Å². The quantitative estimate of drug-likeness (QED) is 0.0957. The van der Waals surface area contributed by atoms with Crippen molar-refractivity contribution in [3.8, 4) is 17.3 Å². The smallest absolute Gasteiger partial charge is 0.225 e. The SMILES string of the molecule is Cc1cc2c(cc1C)[N@@+]1(c3cccc(C(C)(C)C(C)(C)C)c3)[CH-][N+]21c1cc(Oc2ccc3c4ccccc4n(-c4cc(C(C)(C)C)ccn4)c3c2)cc(C(C)(C)C)c1. The molecule has 0 amide bonds. The van der Waals surface area contributed by atoms with E-state index >= 15 is 0 Å². The molecule has 0 spiro atoms. The molecule has 9 rings (SSSR count). The van der Waals surface area contributed by atoms with Crippen LogP contribution in [0.1, 0.15) is 104 Å². The van der Waals surface area contributed by atoms with Crippen molar-refractivity contribution in [3.05, 3.63) is 150 Å². The van der Waals surface area contributed by atoms with Crippen LogP contribution in [-0.4, -0.2) is 9.55 Å². The van der Waals surface area contributed by atoms with E-state index in [1.807, 2.05) is 6.20 Å². The van der Waals surface area contributed by atoms with Crippen LogP contribution in [0.3, 0.4) is 0 Å². The Morgan fingerprint density at radius 2 is 1.17 bits per heavy atom. The largest absolute Gasteiger partial charge is 0.457 e. The summed E-state index contributed by atoms with van der Waals surface area (Å²) in [7, 11) is 0. The van der Waals surface area contributed by atoms with Gasteiger partial charge in [0, 0.05) is 59.4 Å². The number of rotatable bonds is 6. The van der Waals surface area contributed by atoms with E-state index in [4.69, 9.17) is 9.72 Å².